The molecule has 114 valence electrons. The first-order valence-electron chi connectivity index (χ1n) is 6.85. The zero-order valence-electron chi connectivity index (χ0n) is 12.5. The lowest BCUT2D eigenvalue weighted by molar-refractivity contribution is 0.272. The SMILES string of the molecule is CN(C)CCCOc1ccccc1Oc1ccccc1.Cl. The first-order valence-corrected chi connectivity index (χ1v) is 6.85. The van der Waals surface area contributed by atoms with Crippen LogP contribution in [0.4, 0.5) is 0 Å². The maximum Gasteiger partial charge on any atom is 0.169 e. The highest BCUT2D eigenvalue weighted by molar-refractivity contribution is 5.85. The van der Waals surface area contributed by atoms with E-state index in [0.717, 1.165) is 30.2 Å². The molecule has 0 atom stereocenters. The summed E-state index contributed by atoms with van der Waals surface area (Å²) >= 11 is 0. The fourth-order valence-corrected chi connectivity index (χ4v) is 1.83. The monoisotopic (exact) mass is 307 g/mol. The van der Waals surface area contributed by atoms with Gasteiger partial charge in [0.25, 0.3) is 0 Å². The van der Waals surface area contributed by atoms with Crippen molar-refractivity contribution in [2.24, 2.45) is 0 Å². The first-order chi connectivity index (χ1) is 9.75. The summed E-state index contributed by atoms with van der Waals surface area (Å²) in [5, 5.41) is 0. The van der Waals surface area contributed by atoms with Gasteiger partial charge in [-0.25, -0.2) is 0 Å². The Morgan fingerprint density at radius 3 is 2.14 bits per heavy atom. The molecule has 2 aromatic carbocycles. The van der Waals surface area contributed by atoms with Gasteiger partial charge in [0, 0.05) is 6.54 Å². The molecule has 3 nitrogen and oxygen atoms in total. The van der Waals surface area contributed by atoms with E-state index in [0.29, 0.717) is 6.61 Å². The van der Waals surface area contributed by atoms with Crippen molar-refractivity contribution in [3.8, 4) is 17.2 Å². The van der Waals surface area contributed by atoms with Crippen LogP contribution in [0.25, 0.3) is 0 Å². The number of hydrogen-bond donors (Lipinski definition) is 0. The molecule has 21 heavy (non-hydrogen) atoms. The molecule has 0 aliphatic heterocycles. The summed E-state index contributed by atoms with van der Waals surface area (Å²) in [6.45, 7) is 1.70. The number of halogens is 1. The van der Waals surface area contributed by atoms with E-state index in [1.165, 1.54) is 0 Å². The molecule has 0 radical (unpaired) electrons. The molecule has 0 saturated heterocycles. The van der Waals surface area contributed by atoms with E-state index in [1.54, 1.807) is 0 Å². The second kappa shape index (κ2) is 9.27. The van der Waals surface area contributed by atoms with Crippen LogP contribution in [0.15, 0.2) is 54.6 Å². The number of para-hydroxylation sites is 3. The summed E-state index contributed by atoms with van der Waals surface area (Å²) < 4.78 is 11.7. The van der Waals surface area contributed by atoms with Crippen molar-refractivity contribution in [1.82, 2.24) is 4.90 Å². The van der Waals surface area contributed by atoms with Gasteiger partial charge in [-0.05, 0) is 44.8 Å². The summed E-state index contributed by atoms with van der Waals surface area (Å²) in [4.78, 5) is 2.15. The Hall–Kier alpha value is -1.71. The molecule has 0 aliphatic carbocycles. The van der Waals surface area contributed by atoms with Gasteiger partial charge in [0.1, 0.15) is 5.75 Å². The number of benzene rings is 2. The van der Waals surface area contributed by atoms with Crippen molar-refractivity contribution in [1.29, 1.82) is 0 Å². The predicted molar refractivity (Wildman–Crippen MR) is 88.9 cm³/mol. The van der Waals surface area contributed by atoms with Crippen LogP contribution < -0.4 is 9.47 Å². The fourth-order valence-electron chi connectivity index (χ4n) is 1.83. The van der Waals surface area contributed by atoms with Crippen LogP contribution >= 0.6 is 12.4 Å². The van der Waals surface area contributed by atoms with Crippen molar-refractivity contribution in [2.75, 3.05) is 27.2 Å². The van der Waals surface area contributed by atoms with Crippen LogP contribution in [-0.4, -0.2) is 32.1 Å². The fraction of sp³-hybridized carbons (Fsp3) is 0.294. The lowest BCUT2D eigenvalue weighted by atomic mass is 10.3. The summed E-state index contributed by atoms with van der Waals surface area (Å²) in [5.74, 6) is 2.36. The molecule has 0 fully saturated rings. The van der Waals surface area contributed by atoms with E-state index >= 15 is 0 Å². The van der Waals surface area contributed by atoms with Crippen molar-refractivity contribution in [3.63, 3.8) is 0 Å². The van der Waals surface area contributed by atoms with Gasteiger partial charge >= 0.3 is 0 Å². The highest BCUT2D eigenvalue weighted by atomic mass is 35.5. The van der Waals surface area contributed by atoms with E-state index < -0.39 is 0 Å². The van der Waals surface area contributed by atoms with Crippen molar-refractivity contribution in [3.05, 3.63) is 54.6 Å². The number of rotatable bonds is 7. The quantitative estimate of drug-likeness (QED) is 0.714. The van der Waals surface area contributed by atoms with Crippen LogP contribution in [0, 0.1) is 0 Å². The average Bonchev–Trinajstić information content (AvgIpc) is 2.46. The van der Waals surface area contributed by atoms with Gasteiger partial charge in [0.2, 0.25) is 0 Å². The molecule has 0 saturated carbocycles. The molecule has 4 heteroatoms. The van der Waals surface area contributed by atoms with Gasteiger partial charge in [-0.3, -0.25) is 0 Å². The maximum atomic E-state index is 5.85. The second-order valence-corrected chi connectivity index (χ2v) is 4.87. The standard InChI is InChI=1S/C17H21NO2.ClH/c1-18(2)13-8-14-19-16-11-6-7-12-17(16)20-15-9-4-3-5-10-15;/h3-7,9-12H,8,13-14H2,1-2H3;1H. The zero-order valence-corrected chi connectivity index (χ0v) is 13.3. The first kappa shape index (κ1) is 17.3. The summed E-state index contributed by atoms with van der Waals surface area (Å²) in [7, 11) is 4.12. The van der Waals surface area contributed by atoms with Gasteiger partial charge in [-0.15, -0.1) is 12.4 Å². The molecular formula is C17H22ClNO2. The van der Waals surface area contributed by atoms with E-state index in [1.807, 2.05) is 54.6 Å². The Morgan fingerprint density at radius 1 is 0.857 bits per heavy atom. The molecule has 0 aromatic heterocycles. The highest BCUT2D eigenvalue weighted by Crippen LogP contribution is 2.31. The Balaban J connectivity index is 0.00000220. The molecule has 0 N–H and O–H groups in total. The minimum absolute atomic E-state index is 0. The van der Waals surface area contributed by atoms with Crippen LogP contribution in [0.2, 0.25) is 0 Å². The van der Waals surface area contributed by atoms with Crippen molar-refractivity contribution in [2.45, 2.75) is 6.42 Å². The number of hydrogen-bond acceptors (Lipinski definition) is 3. The molecule has 0 unspecified atom stereocenters. The Labute approximate surface area is 132 Å². The molecule has 0 heterocycles. The highest BCUT2D eigenvalue weighted by Gasteiger charge is 2.05. The number of nitrogens with zero attached hydrogens (tertiary/aromatic N) is 1. The van der Waals surface area contributed by atoms with Crippen molar-refractivity contribution < 1.29 is 9.47 Å². The lowest BCUT2D eigenvalue weighted by Crippen LogP contribution is -2.15. The van der Waals surface area contributed by atoms with Gasteiger partial charge in [0.15, 0.2) is 11.5 Å². The van der Waals surface area contributed by atoms with E-state index in [4.69, 9.17) is 9.47 Å². The summed E-state index contributed by atoms with van der Waals surface area (Å²) in [6, 6.07) is 17.5. The molecule has 2 rings (SSSR count). The third kappa shape index (κ3) is 6.06. The van der Waals surface area contributed by atoms with Gasteiger partial charge < -0.3 is 14.4 Å². The van der Waals surface area contributed by atoms with Crippen LogP contribution in [0.1, 0.15) is 6.42 Å². The summed E-state index contributed by atoms with van der Waals surface area (Å²) in [6.07, 6.45) is 0.993. The average molecular weight is 308 g/mol. The lowest BCUT2D eigenvalue weighted by Gasteiger charge is -2.13. The van der Waals surface area contributed by atoms with Gasteiger partial charge in [-0.1, -0.05) is 30.3 Å². The maximum absolute atomic E-state index is 5.85. The number of ether oxygens (including phenoxy) is 2. The second-order valence-electron chi connectivity index (χ2n) is 4.87. The van der Waals surface area contributed by atoms with Gasteiger partial charge in [-0.2, -0.15) is 0 Å². The van der Waals surface area contributed by atoms with Crippen LogP contribution in [-0.2, 0) is 0 Å². The molecule has 0 aliphatic rings. The van der Waals surface area contributed by atoms with Crippen molar-refractivity contribution >= 4 is 12.4 Å². The largest absolute Gasteiger partial charge is 0.490 e. The smallest absolute Gasteiger partial charge is 0.169 e. The molecule has 2 aromatic rings. The Bertz CT molecular complexity index is 517. The minimum atomic E-state index is 0. The van der Waals surface area contributed by atoms with E-state index in [9.17, 15) is 0 Å². The molecule has 0 amide bonds. The van der Waals surface area contributed by atoms with Crippen LogP contribution in [0.5, 0.6) is 17.2 Å². The molecular weight excluding hydrogens is 286 g/mol. The topological polar surface area (TPSA) is 21.7 Å². The minimum Gasteiger partial charge on any atom is -0.490 e. The predicted octanol–water partition coefficient (Wildman–Crippen LogP) is 4.23. The Morgan fingerprint density at radius 2 is 1.48 bits per heavy atom. The van der Waals surface area contributed by atoms with Crippen LogP contribution in [0.3, 0.4) is 0 Å². The normalized spacial score (nSPS) is 10.0. The van der Waals surface area contributed by atoms with Gasteiger partial charge in [0.05, 0.1) is 6.61 Å². The molecule has 0 bridgehead atoms. The Kier molecular flexibility index (Phi) is 7.65. The van der Waals surface area contributed by atoms with E-state index in [-0.39, 0.29) is 12.4 Å². The third-order valence-corrected chi connectivity index (χ3v) is 2.83. The van der Waals surface area contributed by atoms with E-state index in [2.05, 4.69) is 19.0 Å². The zero-order chi connectivity index (χ0) is 14.2. The summed E-state index contributed by atoms with van der Waals surface area (Å²) in [5.41, 5.74) is 0. The third-order valence-electron chi connectivity index (χ3n) is 2.83. The molecule has 0 spiro atoms.